The fraction of sp³-hybridized carbons (Fsp3) is 0.217. The lowest BCUT2D eigenvalue weighted by molar-refractivity contribution is 1.10. The van der Waals surface area contributed by atoms with Crippen molar-refractivity contribution in [2.45, 2.75) is 33.6 Å². The average molecular weight is 315 g/mol. The zero-order valence-electron chi connectivity index (χ0n) is 14.8. The Morgan fingerprint density at radius 3 is 2.08 bits per heavy atom. The third-order valence-electron chi connectivity index (χ3n) is 4.70. The summed E-state index contributed by atoms with van der Waals surface area (Å²) in [6.07, 6.45) is 2.07. The third kappa shape index (κ3) is 3.68. The number of rotatable bonds is 5. The SMILES string of the molecule is CCc1ccc(Cc2c(C)ccc(Nc3ccccc3)c2C)cc1. The molecule has 0 aromatic heterocycles. The fourth-order valence-corrected chi connectivity index (χ4v) is 3.07. The maximum Gasteiger partial charge on any atom is 0.0417 e. The van der Waals surface area contributed by atoms with E-state index in [-0.39, 0.29) is 0 Å². The highest BCUT2D eigenvalue weighted by Crippen LogP contribution is 2.27. The van der Waals surface area contributed by atoms with Gasteiger partial charge < -0.3 is 5.32 Å². The van der Waals surface area contributed by atoms with Crippen LogP contribution >= 0.6 is 0 Å². The van der Waals surface area contributed by atoms with Gasteiger partial charge in [-0.2, -0.15) is 0 Å². The highest BCUT2D eigenvalue weighted by Gasteiger charge is 2.09. The average Bonchev–Trinajstić information content (AvgIpc) is 2.62. The van der Waals surface area contributed by atoms with Crippen molar-refractivity contribution in [2.75, 3.05) is 5.32 Å². The van der Waals surface area contributed by atoms with E-state index in [9.17, 15) is 0 Å². The maximum atomic E-state index is 3.54. The van der Waals surface area contributed by atoms with E-state index in [1.165, 1.54) is 33.5 Å². The molecule has 0 atom stereocenters. The van der Waals surface area contributed by atoms with E-state index in [0.29, 0.717) is 0 Å². The Bertz CT molecular complexity index is 801. The van der Waals surface area contributed by atoms with Crippen molar-refractivity contribution in [1.82, 2.24) is 0 Å². The summed E-state index contributed by atoms with van der Waals surface area (Å²) in [5, 5.41) is 3.54. The lowest BCUT2D eigenvalue weighted by Gasteiger charge is -2.16. The molecule has 1 heteroatoms. The lowest BCUT2D eigenvalue weighted by Crippen LogP contribution is -2.01. The van der Waals surface area contributed by atoms with Crippen LogP contribution in [0.25, 0.3) is 0 Å². The molecule has 0 amide bonds. The topological polar surface area (TPSA) is 12.0 Å². The number of aryl methyl sites for hydroxylation is 2. The fourth-order valence-electron chi connectivity index (χ4n) is 3.07. The van der Waals surface area contributed by atoms with Crippen molar-refractivity contribution in [2.24, 2.45) is 0 Å². The van der Waals surface area contributed by atoms with Crippen LogP contribution in [-0.2, 0) is 12.8 Å². The summed E-state index contributed by atoms with van der Waals surface area (Å²) in [7, 11) is 0. The van der Waals surface area contributed by atoms with Gasteiger partial charge in [-0.05, 0) is 72.7 Å². The van der Waals surface area contributed by atoms with Crippen molar-refractivity contribution in [1.29, 1.82) is 0 Å². The highest BCUT2D eigenvalue weighted by molar-refractivity contribution is 5.65. The van der Waals surface area contributed by atoms with Gasteiger partial charge in [-0.3, -0.25) is 0 Å². The molecular formula is C23H25N. The van der Waals surface area contributed by atoms with Gasteiger partial charge in [-0.1, -0.05) is 55.5 Å². The Hall–Kier alpha value is -2.54. The first-order valence-corrected chi connectivity index (χ1v) is 8.66. The van der Waals surface area contributed by atoms with E-state index < -0.39 is 0 Å². The molecule has 0 aliphatic heterocycles. The van der Waals surface area contributed by atoms with E-state index >= 15 is 0 Å². The molecule has 0 aliphatic carbocycles. The van der Waals surface area contributed by atoms with Crippen molar-refractivity contribution in [3.63, 3.8) is 0 Å². The van der Waals surface area contributed by atoms with Crippen LogP contribution in [0.15, 0.2) is 66.7 Å². The minimum Gasteiger partial charge on any atom is -0.355 e. The summed E-state index contributed by atoms with van der Waals surface area (Å²) in [4.78, 5) is 0. The molecule has 0 spiro atoms. The Labute approximate surface area is 145 Å². The van der Waals surface area contributed by atoms with Crippen LogP contribution < -0.4 is 5.32 Å². The predicted molar refractivity (Wildman–Crippen MR) is 104 cm³/mol. The van der Waals surface area contributed by atoms with Crippen molar-refractivity contribution >= 4 is 11.4 Å². The van der Waals surface area contributed by atoms with Crippen molar-refractivity contribution in [3.05, 3.63) is 94.5 Å². The third-order valence-corrected chi connectivity index (χ3v) is 4.70. The second-order valence-corrected chi connectivity index (χ2v) is 6.37. The molecule has 0 heterocycles. The van der Waals surface area contributed by atoms with E-state index in [1.54, 1.807) is 0 Å². The molecule has 1 nitrogen and oxygen atoms in total. The second-order valence-electron chi connectivity index (χ2n) is 6.37. The number of hydrogen-bond acceptors (Lipinski definition) is 1. The molecule has 0 aliphatic rings. The maximum absolute atomic E-state index is 3.54. The first-order chi connectivity index (χ1) is 11.7. The van der Waals surface area contributed by atoms with Crippen LogP contribution in [0.5, 0.6) is 0 Å². The van der Waals surface area contributed by atoms with Crippen LogP contribution in [-0.4, -0.2) is 0 Å². The minimum absolute atomic E-state index is 0.978. The zero-order chi connectivity index (χ0) is 16.9. The molecule has 0 saturated carbocycles. The first kappa shape index (κ1) is 16.3. The second kappa shape index (κ2) is 7.35. The van der Waals surface area contributed by atoms with E-state index in [4.69, 9.17) is 0 Å². The monoisotopic (exact) mass is 315 g/mol. The number of nitrogens with one attached hydrogen (secondary N) is 1. The van der Waals surface area contributed by atoms with Gasteiger partial charge in [0.25, 0.3) is 0 Å². The van der Waals surface area contributed by atoms with Crippen molar-refractivity contribution < 1.29 is 0 Å². The van der Waals surface area contributed by atoms with Gasteiger partial charge >= 0.3 is 0 Å². The van der Waals surface area contributed by atoms with Crippen LogP contribution in [0.1, 0.15) is 34.7 Å². The molecule has 3 rings (SSSR count). The molecule has 24 heavy (non-hydrogen) atoms. The quantitative estimate of drug-likeness (QED) is 0.591. The molecule has 1 N–H and O–H groups in total. The van der Waals surface area contributed by atoms with Crippen LogP contribution in [0.2, 0.25) is 0 Å². The molecule has 0 bridgehead atoms. The molecule has 3 aromatic carbocycles. The molecular weight excluding hydrogens is 290 g/mol. The summed E-state index contributed by atoms with van der Waals surface area (Å²) >= 11 is 0. The smallest absolute Gasteiger partial charge is 0.0417 e. The highest BCUT2D eigenvalue weighted by atomic mass is 14.9. The Morgan fingerprint density at radius 2 is 1.42 bits per heavy atom. The van der Waals surface area contributed by atoms with Crippen molar-refractivity contribution in [3.8, 4) is 0 Å². The Morgan fingerprint density at radius 1 is 0.750 bits per heavy atom. The van der Waals surface area contributed by atoms with Gasteiger partial charge in [0.15, 0.2) is 0 Å². The lowest BCUT2D eigenvalue weighted by atomic mass is 9.94. The number of anilines is 2. The first-order valence-electron chi connectivity index (χ1n) is 8.66. The largest absolute Gasteiger partial charge is 0.355 e. The van der Waals surface area contributed by atoms with Gasteiger partial charge in [-0.25, -0.2) is 0 Å². The predicted octanol–water partition coefficient (Wildman–Crippen LogP) is 6.20. The van der Waals surface area contributed by atoms with Crippen LogP contribution in [0.3, 0.4) is 0 Å². The number of benzene rings is 3. The summed E-state index contributed by atoms with van der Waals surface area (Å²) in [6, 6.07) is 23.8. The summed E-state index contributed by atoms with van der Waals surface area (Å²) in [5.74, 6) is 0. The van der Waals surface area contributed by atoms with Crippen LogP contribution in [0.4, 0.5) is 11.4 Å². The molecule has 3 aromatic rings. The summed E-state index contributed by atoms with van der Waals surface area (Å²) < 4.78 is 0. The normalized spacial score (nSPS) is 10.6. The molecule has 0 radical (unpaired) electrons. The van der Waals surface area contributed by atoms with Gasteiger partial charge in [-0.15, -0.1) is 0 Å². The summed E-state index contributed by atoms with van der Waals surface area (Å²) in [6.45, 7) is 6.62. The molecule has 0 fully saturated rings. The van der Waals surface area contributed by atoms with E-state index in [2.05, 4.69) is 86.8 Å². The van der Waals surface area contributed by atoms with Crippen LogP contribution in [0, 0.1) is 13.8 Å². The van der Waals surface area contributed by atoms with E-state index in [1.807, 2.05) is 6.07 Å². The van der Waals surface area contributed by atoms with Gasteiger partial charge in [0.05, 0.1) is 0 Å². The minimum atomic E-state index is 0.978. The number of hydrogen-bond donors (Lipinski definition) is 1. The Kier molecular flexibility index (Phi) is 5.00. The molecule has 0 saturated heterocycles. The van der Waals surface area contributed by atoms with Gasteiger partial charge in [0.2, 0.25) is 0 Å². The van der Waals surface area contributed by atoms with Gasteiger partial charge in [0.1, 0.15) is 0 Å². The Balaban J connectivity index is 1.88. The molecule has 0 unspecified atom stereocenters. The van der Waals surface area contributed by atoms with E-state index in [0.717, 1.165) is 18.5 Å². The molecule has 122 valence electrons. The zero-order valence-corrected chi connectivity index (χ0v) is 14.8. The van der Waals surface area contributed by atoms with Gasteiger partial charge in [0, 0.05) is 11.4 Å². The number of para-hydroxylation sites is 1. The standard InChI is InChI=1S/C23H25N/c1-4-19-11-13-20(14-12-19)16-22-17(2)10-15-23(18(22)3)24-21-8-6-5-7-9-21/h5-15,24H,4,16H2,1-3H3. The summed E-state index contributed by atoms with van der Waals surface area (Å²) in [5.41, 5.74) is 9.18.